The second-order valence-electron chi connectivity index (χ2n) is 3.03. The van der Waals surface area contributed by atoms with Crippen LogP contribution in [0.15, 0.2) is 0 Å². The first-order valence-corrected chi connectivity index (χ1v) is 4.40. The van der Waals surface area contributed by atoms with Crippen LogP contribution in [0.2, 0.25) is 0 Å². The number of rotatable bonds is 5. The molecular formula is C8H20CaMgO9. The Kier molecular flexibility index (Phi) is 22.3. The maximum Gasteiger partial charge on any atom is 0.316 e. The van der Waals surface area contributed by atoms with Crippen molar-refractivity contribution in [3.8, 4) is 0 Å². The van der Waals surface area contributed by atoms with E-state index in [1.165, 1.54) is 0 Å². The summed E-state index contributed by atoms with van der Waals surface area (Å²) in [6.45, 7) is 0.241. The zero-order valence-corrected chi connectivity index (χ0v) is 8.96. The van der Waals surface area contributed by atoms with Gasteiger partial charge in [-0.1, -0.05) is 0 Å². The Labute approximate surface area is 155 Å². The Morgan fingerprint density at radius 1 is 1.00 bits per heavy atom. The Balaban J connectivity index is -0.000000165. The summed E-state index contributed by atoms with van der Waals surface area (Å²) >= 11 is 0. The molecule has 0 aromatic heterocycles. The number of aliphatic hydroxyl groups excluding tert-OH is 5. The molecule has 0 spiro atoms. The van der Waals surface area contributed by atoms with Gasteiger partial charge < -0.3 is 35.7 Å². The van der Waals surface area contributed by atoms with Gasteiger partial charge in [0.25, 0.3) is 5.97 Å². The second-order valence-corrected chi connectivity index (χ2v) is 3.03. The van der Waals surface area contributed by atoms with Crippen molar-refractivity contribution < 1.29 is 45.3 Å². The van der Waals surface area contributed by atoms with Gasteiger partial charge in [-0.25, -0.2) is 4.79 Å². The molecule has 0 aliphatic carbocycles. The van der Waals surface area contributed by atoms with Crippen LogP contribution in [0.25, 0.3) is 0 Å². The van der Waals surface area contributed by atoms with Crippen LogP contribution in [0, 0.1) is 0 Å². The van der Waals surface area contributed by atoms with Crippen LogP contribution in [0.1, 0.15) is 6.92 Å². The summed E-state index contributed by atoms with van der Waals surface area (Å²) < 4.78 is 0. The van der Waals surface area contributed by atoms with Gasteiger partial charge in [-0.3, -0.25) is 4.79 Å². The standard InChI is InChI=1S/C6H12O7.C2H4O2.Ca.Mg.4H/c7-1-2(8)3(9)4(10)5(11)6(12)13;1-2(3)4;;;;;;/h2-5,7-11H,1H2,(H,12,13);1H3,(H,3,4);;;;;;/t2-,3-,4+,5-;;;;;;;/m1......./s1. The average molecular weight is 325 g/mol. The summed E-state index contributed by atoms with van der Waals surface area (Å²) in [5.74, 6) is -2.56. The van der Waals surface area contributed by atoms with E-state index in [1.807, 2.05) is 0 Å². The van der Waals surface area contributed by atoms with Crippen LogP contribution >= 0.6 is 0 Å². The Hall–Kier alpha value is 0.766. The summed E-state index contributed by atoms with van der Waals surface area (Å²) in [4.78, 5) is 19.1. The minimum Gasteiger partial charge on any atom is 0.316 e. The maximum absolute atomic E-state index is 10.1. The second kappa shape index (κ2) is 15.2. The molecule has 0 rings (SSSR count). The molecule has 0 radical (unpaired) electrons. The summed E-state index contributed by atoms with van der Waals surface area (Å²) in [5, 5.41) is 59.2. The quantitative estimate of drug-likeness (QED) is 0.243. The first-order valence-electron chi connectivity index (χ1n) is 4.40. The zero-order chi connectivity index (χ0) is 14.2. The van der Waals surface area contributed by atoms with Gasteiger partial charge in [0.2, 0.25) is 0 Å². The van der Waals surface area contributed by atoms with Crippen LogP contribution in [0.3, 0.4) is 0 Å². The number of carboxylic acid groups (broad SMARTS) is 2. The molecular weight excluding hydrogens is 304 g/mol. The van der Waals surface area contributed by atoms with Gasteiger partial charge in [0.05, 0.1) is 6.61 Å². The van der Waals surface area contributed by atoms with E-state index >= 15 is 0 Å². The molecule has 0 fully saturated rings. The van der Waals surface area contributed by atoms with Crippen molar-refractivity contribution in [2.75, 3.05) is 6.61 Å². The normalized spacial score (nSPS) is 15.3. The van der Waals surface area contributed by atoms with Crippen molar-refractivity contribution in [3.05, 3.63) is 0 Å². The number of hydrogen-bond acceptors (Lipinski definition) is 7. The van der Waals surface area contributed by atoms with Crippen molar-refractivity contribution >= 4 is 72.7 Å². The smallest absolute Gasteiger partial charge is 0.316 e. The first-order chi connectivity index (χ1) is 7.64. The fourth-order valence-electron chi connectivity index (χ4n) is 0.668. The van der Waals surface area contributed by atoms with Crippen LogP contribution in [0.5, 0.6) is 0 Å². The molecule has 0 aromatic rings. The molecule has 0 amide bonds. The van der Waals surface area contributed by atoms with Crippen molar-refractivity contribution in [2.24, 2.45) is 0 Å². The number of aliphatic carboxylic acids is 2. The van der Waals surface area contributed by atoms with E-state index in [0.29, 0.717) is 0 Å². The van der Waals surface area contributed by atoms with Crippen LogP contribution in [-0.2, 0) is 9.59 Å². The molecule has 0 unspecified atom stereocenters. The monoisotopic (exact) mass is 324 g/mol. The van der Waals surface area contributed by atoms with Crippen molar-refractivity contribution in [3.63, 3.8) is 0 Å². The molecule has 0 aromatic carbocycles. The van der Waals surface area contributed by atoms with E-state index in [2.05, 4.69) is 0 Å². The number of carbonyl (C=O) groups is 2. The van der Waals surface area contributed by atoms with E-state index in [-0.39, 0.29) is 60.8 Å². The van der Waals surface area contributed by atoms with Crippen molar-refractivity contribution in [2.45, 2.75) is 31.3 Å². The molecule has 4 atom stereocenters. The van der Waals surface area contributed by atoms with Gasteiger partial charge in [-0.2, -0.15) is 0 Å². The number of hydrogen-bond donors (Lipinski definition) is 7. The minimum absolute atomic E-state index is 0. The largest absolute Gasteiger partial charge is 0.316 e. The molecule has 0 saturated carbocycles. The molecule has 11 heteroatoms. The Bertz CT molecular complexity index is 248. The van der Waals surface area contributed by atoms with E-state index in [1.54, 1.807) is 0 Å². The molecule has 19 heavy (non-hydrogen) atoms. The maximum atomic E-state index is 10.1. The molecule has 0 bridgehead atoms. The van der Waals surface area contributed by atoms with Gasteiger partial charge >= 0.3 is 66.8 Å². The van der Waals surface area contributed by atoms with Crippen LogP contribution in [0.4, 0.5) is 0 Å². The molecule has 0 saturated heterocycles. The van der Waals surface area contributed by atoms with Gasteiger partial charge in [0.15, 0.2) is 6.10 Å². The molecule has 0 heterocycles. The van der Waals surface area contributed by atoms with E-state index < -0.39 is 43.0 Å². The van der Waals surface area contributed by atoms with Crippen LogP contribution < -0.4 is 0 Å². The summed E-state index contributed by atoms with van der Waals surface area (Å²) in [6.07, 6.45) is -7.84. The summed E-state index contributed by atoms with van der Waals surface area (Å²) in [5.41, 5.74) is 0. The van der Waals surface area contributed by atoms with Crippen LogP contribution in [-0.4, -0.2) is 139 Å². The van der Waals surface area contributed by atoms with E-state index in [9.17, 15) is 4.79 Å². The fraction of sp³-hybridized carbons (Fsp3) is 0.750. The van der Waals surface area contributed by atoms with Crippen molar-refractivity contribution in [1.82, 2.24) is 0 Å². The molecule has 0 aliphatic rings. The number of carboxylic acids is 2. The molecule has 110 valence electrons. The predicted octanol–water partition coefficient (Wildman–Crippen LogP) is -5.23. The summed E-state index contributed by atoms with van der Waals surface area (Å²) in [6, 6.07) is 0. The summed E-state index contributed by atoms with van der Waals surface area (Å²) in [7, 11) is 0. The molecule has 9 nitrogen and oxygen atoms in total. The Morgan fingerprint density at radius 2 is 1.32 bits per heavy atom. The zero-order valence-electron chi connectivity index (χ0n) is 8.96. The van der Waals surface area contributed by atoms with Crippen molar-refractivity contribution in [1.29, 1.82) is 0 Å². The third-order valence-corrected chi connectivity index (χ3v) is 1.51. The van der Waals surface area contributed by atoms with E-state index in [4.69, 9.17) is 40.5 Å². The third kappa shape index (κ3) is 15.0. The Morgan fingerprint density at radius 3 is 1.53 bits per heavy atom. The predicted molar refractivity (Wildman–Crippen MR) is 69.1 cm³/mol. The average Bonchev–Trinajstić information content (AvgIpc) is 2.23. The molecule has 7 N–H and O–H groups in total. The fourth-order valence-corrected chi connectivity index (χ4v) is 0.668. The van der Waals surface area contributed by atoms with Gasteiger partial charge in [-0.15, -0.1) is 0 Å². The SMILES string of the molecule is CC(=O)O.O=C(O)[C@H](O)[C@@H](O)[C@H](O)[C@H](O)CO.[CaH2].[MgH2]. The third-order valence-electron chi connectivity index (χ3n) is 1.51. The van der Waals surface area contributed by atoms with Gasteiger partial charge in [0, 0.05) is 6.92 Å². The molecule has 0 aliphatic heterocycles. The van der Waals surface area contributed by atoms with Gasteiger partial charge in [-0.05, 0) is 0 Å². The minimum atomic E-state index is -2.20. The number of aliphatic hydroxyl groups is 5. The topological polar surface area (TPSA) is 176 Å². The first kappa shape index (κ1) is 28.0. The van der Waals surface area contributed by atoms with E-state index in [0.717, 1.165) is 6.92 Å². The van der Waals surface area contributed by atoms with Gasteiger partial charge in [0.1, 0.15) is 18.3 Å².